The van der Waals surface area contributed by atoms with Crippen molar-refractivity contribution in [2.75, 3.05) is 0 Å². The number of aliphatic carboxylic acids is 1. The van der Waals surface area contributed by atoms with Crippen molar-refractivity contribution in [2.24, 2.45) is 5.92 Å². The third kappa shape index (κ3) is 2.34. The van der Waals surface area contributed by atoms with Gasteiger partial charge in [0.15, 0.2) is 0 Å². The minimum Gasteiger partial charge on any atom is -0.480 e. The van der Waals surface area contributed by atoms with Crippen LogP contribution in [0.15, 0.2) is 5.16 Å². The zero-order valence-electron chi connectivity index (χ0n) is 9.20. The molecule has 1 aromatic rings. The Morgan fingerprint density at radius 3 is 2.75 bits per heavy atom. The Hall–Kier alpha value is -1.11. The maximum atomic E-state index is 11.1. The number of thioether (sulfide) groups is 1. The highest BCUT2D eigenvalue weighted by Gasteiger charge is 2.31. The summed E-state index contributed by atoms with van der Waals surface area (Å²) in [7, 11) is 0. The van der Waals surface area contributed by atoms with Gasteiger partial charge in [-0.15, -0.1) is 5.10 Å². The van der Waals surface area contributed by atoms with E-state index in [0.717, 1.165) is 12.8 Å². The lowest BCUT2D eigenvalue weighted by molar-refractivity contribution is -0.137. The standard InChI is InChI=1S/C9H14N4O2S/c1-5(2)7(8(14)15)16-9-10-11-12-13(9)6-3-4-6/h5-7H,3-4H2,1-2H3,(H,14,15). The van der Waals surface area contributed by atoms with Gasteiger partial charge in [-0.05, 0) is 29.2 Å². The second-order valence-corrected chi connectivity index (χ2v) is 5.37. The van der Waals surface area contributed by atoms with Gasteiger partial charge in [-0.2, -0.15) is 0 Å². The van der Waals surface area contributed by atoms with Crippen LogP contribution in [0.5, 0.6) is 0 Å². The number of aromatic nitrogens is 4. The quantitative estimate of drug-likeness (QED) is 0.782. The molecular formula is C9H14N4O2S. The summed E-state index contributed by atoms with van der Waals surface area (Å²) in [4.78, 5) is 11.1. The fraction of sp³-hybridized carbons (Fsp3) is 0.778. The van der Waals surface area contributed by atoms with Gasteiger partial charge in [-0.25, -0.2) is 4.68 Å². The number of rotatable bonds is 5. The molecule has 0 aromatic carbocycles. The predicted octanol–water partition coefficient (Wildman–Crippen LogP) is 1.21. The first-order valence-corrected chi connectivity index (χ1v) is 6.15. The van der Waals surface area contributed by atoms with E-state index in [0.29, 0.717) is 11.2 Å². The monoisotopic (exact) mass is 242 g/mol. The van der Waals surface area contributed by atoms with E-state index >= 15 is 0 Å². The normalized spacial score (nSPS) is 17.7. The highest BCUT2D eigenvalue weighted by Crippen LogP contribution is 2.37. The van der Waals surface area contributed by atoms with E-state index in [1.54, 1.807) is 4.68 Å². The van der Waals surface area contributed by atoms with Crippen molar-refractivity contribution >= 4 is 17.7 Å². The maximum Gasteiger partial charge on any atom is 0.317 e. The Bertz CT molecular complexity index is 389. The Morgan fingerprint density at radius 1 is 1.56 bits per heavy atom. The highest BCUT2D eigenvalue weighted by molar-refractivity contribution is 8.00. The summed E-state index contributed by atoms with van der Waals surface area (Å²) in [6.07, 6.45) is 2.16. The van der Waals surface area contributed by atoms with E-state index in [-0.39, 0.29) is 5.92 Å². The molecule has 16 heavy (non-hydrogen) atoms. The van der Waals surface area contributed by atoms with Crippen LogP contribution in [0.1, 0.15) is 32.7 Å². The van der Waals surface area contributed by atoms with Crippen molar-refractivity contribution in [3.8, 4) is 0 Å². The van der Waals surface area contributed by atoms with Crippen LogP contribution in [0.25, 0.3) is 0 Å². The van der Waals surface area contributed by atoms with Crippen molar-refractivity contribution in [3.63, 3.8) is 0 Å². The van der Waals surface area contributed by atoms with E-state index in [1.807, 2.05) is 13.8 Å². The fourth-order valence-corrected chi connectivity index (χ4v) is 2.37. The van der Waals surface area contributed by atoms with Crippen LogP contribution in [0.2, 0.25) is 0 Å². The lowest BCUT2D eigenvalue weighted by Gasteiger charge is -2.14. The molecule has 1 heterocycles. The summed E-state index contributed by atoms with van der Waals surface area (Å²) in [5, 5.41) is 20.6. The van der Waals surface area contributed by atoms with Crippen LogP contribution in [0.4, 0.5) is 0 Å². The van der Waals surface area contributed by atoms with E-state index < -0.39 is 11.2 Å². The second-order valence-electron chi connectivity index (χ2n) is 4.26. The molecule has 1 aliphatic rings. The topological polar surface area (TPSA) is 80.9 Å². The molecule has 1 aromatic heterocycles. The van der Waals surface area contributed by atoms with Crippen LogP contribution >= 0.6 is 11.8 Å². The third-order valence-corrected chi connectivity index (χ3v) is 3.92. The Labute approximate surface area is 97.4 Å². The number of nitrogens with zero attached hydrogens (tertiary/aromatic N) is 4. The SMILES string of the molecule is CC(C)C(Sc1nnnn1C1CC1)C(=O)O. The molecule has 2 rings (SSSR count). The first-order valence-electron chi connectivity index (χ1n) is 5.27. The molecule has 1 saturated carbocycles. The van der Waals surface area contributed by atoms with Gasteiger partial charge in [0, 0.05) is 0 Å². The van der Waals surface area contributed by atoms with Crippen molar-refractivity contribution in [2.45, 2.75) is 43.1 Å². The molecule has 88 valence electrons. The third-order valence-electron chi connectivity index (χ3n) is 2.44. The molecule has 1 N–H and O–H groups in total. The summed E-state index contributed by atoms with van der Waals surface area (Å²) in [6.45, 7) is 3.77. The number of carboxylic acids is 1. The minimum absolute atomic E-state index is 0.0480. The number of hydrogen-bond donors (Lipinski definition) is 1. The molecule has 0 aliphatic heterocycles. The van der Waals surface area contributed by atoms with Gasteiger partial charge in [0.05, 0.1) is 6.04 Å². The van der Waals surface area contributed by atoms with Gasteiger partial charge in [-0.3, -0.25) is 4.79 Å². The first kappa shape index (κ1) is 11.4. The van der Waals surface area contributed by atoms with Gasteiger partial charge in [0.1, 0.15) is 5.25 Å². The predicted molar refractivity (Wildman–Crippen MR) is 58.2 cm³/mol. The zero-order valence-corrected chi connectivity index (χ0v) is 10.0. The van der Waals surface area contributed by atoms with Gasteiger partial charge in [0.25, 0.3) is 0 Å². The van der Waals surface area contributed by atoms with Gasteiger partial charge in [0.2, 0.25) is 5.16 Å². The first-order chi connectivity index (χ1) is 7.59. The largest absolute Gasteiger partial charge is 0.480 e. The second kappa shape index (κ2) is 4.40. The van der Waals surface area contributed by atoms with E-state index in [1.165, 1.54) is 11.8 Å². The van der Waals surface area contributed by atoms with Crippen molar-refractivity contribution in [3.05, 3.63) is 0 Å². The van der Waals surface area contributed by atoms with Crippen LogP contribution in [0, 0.1) is 5.92 Å². The van der Waals surface area contributed by atoms with Crippen LogP contribution in [0.3, 0.4) is 0 Å². The highest BCUT2D eigenvalue weighted by atomic mass is 32.2. The van der Waals surface area contributed by atoms with E-state index in [9.17, 15) is 4.79 Å². The van der Waals surface area contributed by atoms with Crippen molar-refractivity contribution in [1.82, 2.24) is 20.2 Å². The summed E-state index contributed by atoms with van der Waals surface area (Å²) in [5.41, 5.74) is 0. The molecule has 0 saturated heterocycles. The molecule has 7 heteroatoms. The molecule has 1 fully saturated rings. The van der Waals surface area contributed by atoms with Crippen molar-refractivity contribution in [1.29, 1.82) is 0 Å². The summed E-state index contributed by atoms with van der Waals surface area (Å²) < 4.78 is 1.74. The van der Waals surface area contributed by atoms with Crippen molar-refractivity contribution < 1.29 is 9.90 Å². The molecule has 0 radical (unpaired) electrons. The summed E-state index contributed by atoms with van der Waals surface area (Å²) in [5.74, 6) is -0.766. The Morgan fingerprint density at radius 2 is 2.25 bits per heavy atom. The lowest BCUT2D eigenvalue weighted by atomic mass is 10.1. The van der Waals surface area contributed by atoms with E-state index in [4.69, 9.17) is 5.11 Å². The number of carboxylic acid groups (broad SMARTS) is 1. The number of hydrogen-bond acceptors (Lipinski definition) is 5. The Kier molecular flexibility index (Phi) is 3.13. The number of tetrazole rings is 1. The molecule has 0 spiro atoms. The van der Waals surface area contributed by atoms with Crippen LogP contribution < -0.4 is 0 Å². The smallest absolute Gasteiger partial charge is 0.317 e. The molecule has 0 bridgehead atoms. The average molecular weight is 242 g/mol. The zero-order chi connectivity index (χ0) is 11.7. The number of carbonyl (C=O) groups is 1. The molecule has 1 unspecified atom stereocenters. The molecule has 0 amide bonds. The van der Waals surface area contributed by atoms with Crippen LogP contribution in [-0.2, 0) is 4.79 Å². The fourth-order valence-electron chi connectivity index (χ4n) is 1.40. The van der Waals surface area contributed by atoms with Crippen LogP contribution in [-0.4, -0.2) is 36.5 Å². The Balaban J connectivity index is 2.11. The molecular weight excluding hydrogens is 228 g/mol. The average Bonchev–Trinajstić information content (AvgIpc) is 2.94. The lowest BCUT2D eigenvalue weighted by Crippen LogP contribution is -2.23. The van der Waals surface area contributed by atoms with Gasteiger partial charge < -0.3 is 5.11 Å². The van der Waals surface area contributed by atoms with Gasteiger partial charge >= 0.3 is 5.97 Å². The summed E-state index contributed by atoms with van der Waals surface area (Å²) >= 11 is 1.23. The van der Waals surface area contributed by atoms with E-state index in [2.05, 4.69) is 15.5 Å². The molecule has 1 aliphatic carbocycles. The van der Waals surface area contributed by atoms with Gasteiger partial charge in [-0.1, -0.05) is 25.6 Å². The minimum atomic E-state index is -0.814. The maximum absolute atomic E-state index is 11.1. The molecule has 6 nitrogen and oxygen atoms in total. The summed E-state index contributed by atoms with van der Waals surface area (Å²) in [6, 6.07) is 0.374. The molecule has 1 atom stereocenters.